The van der Waals surface area contributed by atoms with Crippen molar-refractivity contribution < 1.29 is 13.5 Å². The lowest BCUT2D eigenvalue weighted by Crippen LogP contribution is -2.37. The molecule has 0 aromatic heterocycles. The van der Waals surface area contributed by atoms with Crippen LogP contribution in [0.4, 0.5) is 0 Å². The van der Waals surface area contributed by atoms with Crippen LogP contribution in [0.15, 0.2) is 21.5 Å². The van der Waals surface area contributed by atoms with Crippen molar-refractivity contribution in [3.63, 3.8) is 0 Å². The van der Waals surface area contributed by atoms with Crippen molar-refractivity contribution in [1.82, 2.24) is 4.72 Å². The van der Waals surface area contributed by atoms with E-state index in [9.17, 15) is 8.42 Å². The molecule has 0 spiro atoms. The van der Waals surface area contributed by atoms with Gasteiger partial charge in [0.25, 0.3) is 0 Å². The molecule has 1 rings (SSSR count). The predicted octanol–water partition coefficient (Wildman–Crippen LogP) is 2.12. The Labute approximate surface area is 117 Å². The van der Waals surface area contributed by atoms with Crippen molar-refractivity contribution in [2.75, 3.05) is 6.61 Å². The number of sulfonamides is 1. The SMILES string of the molecule is CC[C@H](CO)NS(=O)(=O)c1cc(C)c(Br)cc1C. The van der Waals surface area contributed by atoms with Crippen molar-refractivity contribution >= 4 is 26.0 Å². The fourth-order valence-electron chi connectivity index (χ4n) is 1.58. The van der Waals surface area contributed by atoms with Gasteiger partial charge in [0, 0.05) is 10.5 Å². The van der Waals surface area contributed by atoms with Crippen LogP contribution >= 0.6 is 15.9 Å². The van der Waals surface area contributed by atoms with Crippen molar-refractivity contribution in [3.8, 4) is 0 Å². The molecule has 0 saturated carbocycles. The molecule has 0 aliphatic heterocycles. The third-order valence-electron chi connectivity index (χ3n) is 2.78. The van der Waals surface area contributed by atoms with Crippen LogP contribution in [0.1, 0.15) is 24.5 Å². The first-order valence-corrected chi connectivity index (χ1v) is 7.99. The van der Waals surface area contributed by atoms with Gasteiger partial charge < -0.3 is 5.11 Å². The zero-order valence-corrected chi connectivity index (χ0v) is 13.1. The smallest absolute Gasteiger partial charge is 0.241 e. The van der Waals surface area contributed by atoms with Crippen LogP contribution in [0.3, 0.4) is 0 Å². The largest absolute Gasteiger partial charge is 0.395 e. The number of benzene rings is 1. The Hall–Kier alpha value is -0.430. The number of aryl methyl sites for hydroxylation is 2. The van der Waals surface area contributed by atoms with E-state index < -0.39 is 16.1 Å². The van der Waals surface area contributed by atoms with Gasteiger partial charge in [-0.1, -0.05) is 22.9 Å². The molecule has 102 valence electrons. The summed E-state index contributed by atoms with van der Waals surface area (Å²) in [6, 6.07) is 2.97. The monoisotopic (exact) mass is 335 g/mol. The summed E-state index contributed by atoms with van der Waals surface area (Å²) < 4.78 is 27.8. The highest BCUT2D eigenvalue weighted by Gasteiger charge is 2.21. The molecule has 1 aromatic carbocycles. The zero-order valence-electron chi connectivity index (χ0n) is 10.7. The molecular weight excluding hydrogens is 318 g/mol. The second-order valence-electron chi connectivity index (χ2n) is 4.28. The lowest BCUT2D eigenvalue weighted by atomic mass is 10.2. The summed E-state index contributed by atoms with van der Waals surface area (Å²) in [7, 11) is -3.58. The Balaban J connectivity index is 3.16. The lowest BCUT2D eigenvalue weighted by Gasteiger charge is -2.16. The Morgan fingerprint density at radius 1 is 1.33 bits per heavy atom. The molecule has 0 bridgehead atoms. The van der Waals surface area contributed by atoms with Gasteiger partial charge in [-0.15, -0.1) is 0 Å². The topological polar surface area (TPSA) is 66.4 Å². The van der Waals surface area contributed by atoms with Crippen LogP contribution in [0.2, 0.25) is 0 Å². The minimum absolute atomic E-state index is 0.204. The van der Waals surface area contributed by atoms with E-state index >= 15 is 0 Å². The van der Waals surface area contributed by atoms with E-state index in [-0.39, 0.29) is 11.5 Å². The van der Waals surface area contributed by atoms with Gasteiger partial charge in [0.1, 0.15) is 0 Å². The molecule has 0 aliphatic carbocycles. The summed E-state index contributed by atoms with van der Waals surface area (Å²) in [4.78, 5) is 0.259. The summed E-state index contributed by atoms with van der Waals surface area (Å²) in [6.07, 6.45) is 0.546. The van der Waals surface area contributed by atoms with Crippen LogP contribution in [0.5, 0.6) is 0 Å². The molecule has 0 fully saturated rings. The van der Waals surface area contributed by atoms with Crippen molar-refractivity contribution in [1.29, 1.82) is 0 Å². The fraction of sp³-hybridized carbons (Fsp3) is 0.500. The van der Waals surface area contributed by atoms with Crippen molar-refractivity contribution in [2.24, 2.45) is 0 Å². The summed E-state index contributed by atoms with van der Waals surface area (Å²) in [5, 5.41) is 9.07. The molecule has 1 atom stereocenters. The fourth-order valence-corrected chi connectivity index (χ4v) is 3.66. The van der Waals surface area contributed by atoms with Gasteiger partial charge in [0.15, 0.2) is 0 Å². The van der Waals surface area contributed by atoms with Crippen LogP contribution in [-0.4, -0.2) is 26.2 Å². The predicted molar refractivity (Wildman–Crippen MR) is 75.1 cm³/mol. The van der Waals surface area contributed by atoms with Gasteiger partial charge >= 0.3 is 0 Å². The van der Waals surface area contributed by atoms with Crippen molar-refractivity contribution in [3.05, 3.63) is 27.7 Å². The second-order valence-corrected chi connectivity index (χ2v) is 6.81. The van der Waals surface area contributed by atoms with Gasteiger partial charge in [-0.3, -0.25) is 0 Å². The molecular formula is C12H18BrNO3S. The molecule has 18 heavy (non-hydrogen) atoms. The summed E-state index contributed by atoms with van der Waals surface area (Å²) in [5.41, 5.74) is 1.53. The third kappa shape index (κ3) is 3.54. The lowest BCUT2D eigenvalue weighted by molar-refractivity contribution is 0.254. The van der Waals surface area contributed by atoms with E-state index in [0.717, 1.165) is 10.0 Å². The molecule has 4 nitrogen and oxygen atoms in total. The second kappa shape index (κ2) is 6.14. The number of aliphatic hydroxyl groups excluding tert-OH is 1. The van der Waals surface area contributed by atoms with E-state index in [1.54, 1.807) is 19.1 Å². The maximum atomic E-state index is 12.2. The van der Waals surface area contributed by atoms with Crippen LogP contribution < -0.4 is 4.72 Å². The Kier molecular flexibility index (Phi) is 5.33. The van der Waals surface area contributed by atoms with Gasteiger partial charge in [-0.05, 0) is 43.5 Å². The molecule has 0 unspecified atom stereocenters. The number of hydrogen-bond acceptors (Lipinski definition) is 3. The first kappa shape index (κ1) is 15.6. The van der Waals surface area contributed by atoms with Gasteiger partial charge in [0.05, 0.1) is 11.5 Å². The molecule has 0 saturated heterocycles. The quantitative estimate of drug-likeness (QED) is 0.866. The van der Waals surface area contributed by atoms with Crippen LogP contribution in [0, 0.1) is 13.8 Å². The molecule has 0 heterocycles. The number of rotatable bonds is 5. The van der Waals surface area contributed by atoms with Gasteiger partial charge in [-0.2, -0.15) is 0 Å². The normalized spacial score (nSPS) is 13.6. The highest BCUT2D eigenvalue weighted by Crippen LogP contribution is 2.24. The summed E-state index contributed by atoms with van der Waals surface area (Å²) in [6.45, 7) is 5.21. The average molecular weight is 336 g/mol. The first-order valence-electron chi connectivity index (χ1n) is 5.71. The number of nitrogens with one attached hydrogen (secondary N) is 1. The Morgan fingerprint density at radius 2 is 1.94 bits per heavy atom. The molecule has 0 aliphatic rings. The standard InChI is InChI=1S/C12H18BrNO3S/c1-4-10(7-15)14-18(16,17)12-6-8(2)11(13)5-9(12)3/h5-6,10,14-15H,4,7H2,1-3H3/t10-/m1/s1. The van der Waals surface area contributed by atoms with E-state index in [0.29, 0.717) is 12.0 Å². The third-order valence-corrected chi connectivity index (χ3v) is 5.30. The number of aliphatic hydroxyl groups is 1. The average Bonchev–Trinajstić information content (AvgIpc) is 2.30. The highest BCUT2D eigenvalue weighted by molar-refractivity contribution is 9.10. The summed E-state index contributed by atoms with van der Waals surface area (Å²) >= 11 is 3.37. The van der Waals surface area contributed by atoms with Crippen LogP contribution in [-0.2, 0) is 10.0 Å². The number of hydrogen-bond donors (Lipinski definition) is 2. The number of halogens is 1. The maximum absolute atomic E-state index is 12.2. The molecule has 0 amide bonds. The minimum atomic E-state index is -3.58. The summed E-state index contributed by atoms with van der Waals surface area (Å²) in [5.74, 6) is 0. The van der Waals surface area contributed by atoms with E-state index in [2.05, 4.69) is 20.7 Å². The van der Waals surface area contributed by atoms with Gasteiger partial charge in [0.2, 0.25) is 10.0 Å². The molecule has 0 radical (unpaired) electrons. The highest BCUT2D eigenvalue weighted by atomic mass is 79.9. The van der Waals surface area contributed by atoms with E-state index in [4.69, 9.17) is 5.11 Å². The first-order chi connectivity index (χ1) is 8.31. The zero-order chi connectivity index (χ0) is 13.9. The van der Waals surface area contributed by atoms with Crippen molar-refractivity contribution in [2.45, 2.75) is 38.1 Å². The Morgan fingerprint density at radius 3 is 2.44 bits per heavy atom. The molecule has 6 heteroatoms. The van der Waals surface area contributed by atoms with E-state index in [1.807, 2.05) is 13.8 Å². The van der Waals surface area contributed by atoms with E-state index in [1.165, 1.54) is 0 Å². The molecule has 2 N–H and O–H groups in total. The van der Waals surface area contributed by atoms with Crippen LogP contribution in [0.25, 0.3) is 0 Å². The minimum Gasteiger partial charge on any atom is -0.395 e. The molecule has 1 aromatic rings. The maximum Gasteiger partial charge on any atom is 0.241 e. The van der Waals surface area contributed by atoms with Gasteiger partial charge in [-0.25, -0.2) is 13.1 Å². The Bertz CT molecular complexity index is 524.